The molecule has 0 radical (unpaired) electrons. The summed E-state index contributed by atoms with van der Waals surface area (Å²) in [6.07, 6.45) is 2.97. The van der Waals surface area contributed by atoms with Gasteiger partial charge in [-0.2, -0.15) is 4.31 Å². The van der Waals surface area contributed by atoms with Crippen LogP contribution in [0, 0.1) is 18.8 Å². The Hall–Kier alpha value is -0.430. The fourth-order valence-electron chi connectivity index (χ4n) is 2.90. The fourth-order valence-corrected chi connectivity index (χ4v) is 6.00. The molecule has 2 heterocycles. The molecule has 120 valence electrons. The van der Waals surface area contributed by atoms with Crippen molar-refractivity contribution < 1.29 is 13.5 Å². The second-order valence-corrected chi connectivity index (χ2v) is 9.47. The molecule has 6 heteroatoms. The largest absolute Gasteiger partial charge is 0.391 e. The molecule has 1 aliphatic rings. The first-order valence-electron chi connectivity index (χ1n) is 7.56. The minimum atomic E-state index is -3.41. The van der Waals surface area contributed by atoms with E-state index in [1.165, 1.54) is 11.3 Å². The molecule has 1 aromatic heterocycles. The number of hydrogen-bond donors (Lipinski definition) is 1. The lowest BCUT2D eigenvalue weighted by atomic mass is 9.89. The molecule has 0 amide bonds. The van der Waals surface area contributed by atoms with Gasteiger partial charge in [-0.3, -0.25) is 0 Å². The molecule has 1 N–H and O–H groups in total. The molecule has 21 heavy (non-hydrogen) atoms. The van der Waals surface area contributed by atoms with Gasteiger partial charge in [0.1, 0.15) is 4.21 Å². The van der Waals surface area contributed by atoms with E-state index in [4.69, 9.17) is 0 Å². The molecular formula is C15H25NO3S2. The summed E-state index contributed by atoms with van der Waals surface area (Å²) in [6, 6.07) is 1.69. The third-order valence-electron chi connectivity index (χ3n) is 4.41. The van der Waals surface area contributed by atoms with Gasteiger partial charge in [0.2, 0.25) is 0 Å². The zero-order valence-electron chi connectivity index (χ0n) is 13.0. The van der Waals surface area contributed by atoms with Crippen LogP contribution in [0.1, 0.15) is 43.6 Å². The minimum absolute atomic E-state index is 0.0958. The van der Waals surface area contributed by atoms with Gasteiger partial charge in [-0.1, -0.05) is 13.8 Å². The van der Waals surface area contributed by atoms with Crippen LogP contribution in [0.3, 0.4) is 0 Å². The summed E-state index contributed by atoms with van der Waals surface area (Å²) in [6.45, 7) is 7.39. The van der Waals surface area contributed by atoms with Crippen molar-refractivity contribution in [1.29, 1.82) is 0 Å². The minimum Gasteiger partial charge on any atom is -0.391 e. The molecule has 1 unspecified atom stereocenters. The molecule has 1 atom stereocenters. The van der Waals surface area contributed by atoms with Gasteiger partial charge in [-0.25, -0.2) is 8.42 Å². The van der Waals surface area contributed by atoms with Crippen LogP contribution >= 0.6 is 11.3 Å². The van der Waals surface area contributed by atoms with Crippen molar-refractivity contribution in [1.82, 2.24) is 4.31 Å². The van der Waals surface area contributed by atoms with Crippen LogP contribution in [0.25, 0.3) is 0 Å². The molecular weight excluding hydrogens is 306 g/mol. The molecule has 2 rings (SSSR count). The maximum Gasteiger partial charge on any atom is 0.252 e. The van der Waals surface area contributed by atoms with E-state index in [0.29, 0.717) is 29.1 Å². The van der Waals surface area contributed by atoms with E-state index in [0.717, 1.165) is 29.7 Å². The lowest BCUT2D eigenvalue weighted by Gasteiger charge is -2.20. The molecule has 4 nitrogen and oxygen atoms in total. The van der Waals surface area contributed by atoms with E-state index >= 15 is 0 Å². The van der Waals surface area contributed by atoms with Gasteiger partial charge in [0.15, 0.2) is 0 Å². The van der Waals surface area contributed by atoms with Crippen molar-refractivity contribution >= 4 is 21.4 Å². The SMILES string of the molecule is Cc1cc(S(=O)(=O)N2CCCC(C(C)C)CC2)sc1CO. The fraction of sp³-hybridized carbons (Fsp3) is 0.733. The van der Waals surface area contributed by atoms with Gasteiger partial charge in [-0.05, 0) is 49.7 Å². The second kappa shape index (κ2) is 6.77. The Balaban J connectivity index is 2.19. The van der Waals surface area contributed by atoms with Crippen LogP contribution in [-0.2, 0) is 16.6 Å². The summed E-state index contributed by atoms with van der Waals surface area (Å²) in [5.41, 5.74) is 0.857. The van der Waals surface area contributed by atoms with Crippen LogP contribution in [0.15, 0.2) is 10.3 Å². The van der Waals surface area contributed by atoms with Gasteiger partial charge >= 0.3 is 0 Å². The van der Waals surface area contributed by atoms with Gasteiger partial charge in [0.05, 0.1) is 6.61 Å². The Kier molecular flexibility index (Phi) is 5.46. The lowest BCUT2D eigenvalue weighted by molar-refractivity contribution is 0.285. The summed E-state index contributed by atoms with van der Waals surface area (Å²) >= 11 is 1.19. The lowest BCUT2D eigenvalue weighted by Crippen LogP contribution is -2.31. The zero-order valence-corrected chi connectivity index (χ0v) is 14.6. The molecule has 1 aliphatic heterocycles. The average molecular weight is 332 g/mol. The monoisotopic (exact) mass is 331 g/mol. The Labute approximate surface area is 131 Å². The van der Waals surface area contributed by atoms with Crippen LogP contribution in [0.4, 0.5) is 0 Å². The molecule has 0 aliphatic carbocycles. The smallest absolute Gasteiger partial charge is 0.252 e. The maximum atomic E-state index is 12.8. The molecule has 0 spiro atoms. The van der Waals surface area contributed by atoms with E-state index in [9.17, 15) is 13.5 Å². The third kappa shape index (κ3) is 3.67. The quantitative estimate of drug-likeness (QED) is 0.923. The topological polar surface area (TPSA) is 57.6 Å². The van der Waals surface area contributed by atoms with Crippen molar-refractivity contribution in [2.75, 3.05) is 13.1 Å². The van der Waals surface area contributed by atoms with Crippen LogP contribution in [0.5, 0.6) is 0 Å². The predicted octanol–water partition coefficient (Wildman–Crippen LogP) is 3.00. The van der Waals surface area contributed by atoms with Gasteiger partial charge in [-0.15, -0.1) is 11.3 Å². The number of sulfonamides is 1. The molecule has 0 aromatic carbocycles. The molecule has 0 bridgehead atoms. The van der Waals surface area contributed by atoms with E-state index < -0.39 is 10.0 Å². The first-order valence-corrected chi connectivity index (χ1v) is 9.82. The standard InChI is InChI=1S/C15H25NO3S2/c1-11(2)13-5-4-7-16(8-6-13)21(18,19)15-9-12(3)14(10-17)20-15/h9,11,13,17H,4-8,10H2,1-3H3. The number of aryl methyl sites for hydroxylation is 1. The number of hydrogen-bond acceptors (Lipinski definition) is 4. The van der Waals surface area contributed by atoms with Crippen molar-refractivity contribution in [2.45, 2.75) is 50.8 Å². The molecule has 1 aromatic rings. The first kappa shape index (κ1) is 16.9. The van der Waals surface area contributed by atoms with E-state index in [2.05, 4.69) is 13.8 Å². The zero-order chi connectivity index (χ0) is 15.6. The predicted molar refractivity (Wildman–Crippen MR) is 85.9 cm³/mol. The highest BCUT2D eigenvalue weighted by Crippen LogP contribution is 2.31. The first-order chi connectivity index (χ1) is 9.86. The Bertz CT molecular complexity index is 578. The van der Waals surface area contributed by atoms with Gasteiger partial charge in [0, 0.05) is 18.0 Å². The number of aliphatic hydroxyl groups excluding tert-OH is 1. The van der Waals surface area contributed by atoms with Crippen LogP contribution < -0.4 is 0 Å². The Morgan fingerprint density at radius 3 is 2.67 bits per heavy atom. The van der Waals surface area contributed by atoms with Crippen LogP contribution in [-0.4, -0.2) is 30.9 Å². The second-order valence-electron chi connectivity index (χ2n) is 6.17. The van der Waals surface area contributed by atoms with Crippen molar-refractivity contribution in [3.8, 4) is 0 Å². The highest BCUT2D eigenvalue weighted by Gasteiger charge is 2.30. The van der Waals surface area contributed by atoms with Crippen LogP contribution in [0.2, 0.25) is 0 Å². The Morgan fingerprint density at radius 2 is 2.10 bits per heavy atom. The number of thiophene rings is 1. The molecule has 1 saturated heterocycles. The van der Waals surface area contributed by atoms with Gasteiger partial charge < -0.3 is 5.11 Å². The van der Waals surface area contributed by atoms with Gasteiger partial charge in [0.25, 0.3) is 10.0 Å². The Morgan fingerprint density at radius 1 is 1.38 bits per heavy atom. The maximum absolute atomic E-state index is 12.8. The summed E-state index contributed by atoms with van der Waals surface area (Å²) in [5, 5.41) is 9.25. The summed E-state index contributed by atoms with van der Waals surface area (Å²) in [4.78, 5) is 0.739. The third-order valence-corrected chi connectivity index (χ3v) is 7.98. The highest BCUT2D eigenvalue weighted by atomic mass is 32.2. The number of aliphatic hydroxyl groups is 1. The van der Waals surface area contributed by atoms with Crippen molar-refractivity contribution in [2.24, 2.45) is 11.8 Å². The van der Waals surface area contributed by atoms with E-state index in [1.807, 2.05) is 6.92 Å². The summed E-state index contributed by atoms with van der Waals surface area (Å²) < 4.78 is 27.5. The molecule has 0 saturated carbocycles. The highest BCUT2D eigenvalue weighted by molar-refractivity contribution is 7.91. The number of rotatable bonds is 4. The normalized spacial score (nSPS) is 21.7. The molecule has 1 fully saturated rings. The van der Waals surface area contributed by atoms with Crippen molar-refractivity contribution in [3.63, 3.8) is 0 Å². The van der Waals surface area contributed by atoms with E-state index in [1.54, 1.807) is 10.4 Å². The average Bonchev–Trinajstić information content (AvgIpc) is 2.65. The number of nitrogens with zero attached hydrogens (tertiary/aromatic N) is 1. The summed E-state index contributed by atoms with van der Waals surface area (Å²) in [7, 11) is -3.41. The summed E-state index contributed by atoms with van der Waals surface area (Å²) in [5.74, 6) is 1.22. The van der Waals surface area contributed by atoms with Crippen molar-refractivity contribution in [3.05, 3.63) is 16.5 Å². The van der Waals surface area contributed by atoms with E-state index in [-0.39, 0.29) is 6.61 Å².